The number of aromatic amines is 2. The highest BCUT2D eigenvalue weighted by atomic mass is 35.5. The monoisotopic (exact) mass is 409 g/mol. The zero-order chi connectivity index (χ0) is 20.7. The summed E-state index contributed by atoms with van der Waals surface area (Å²) in [6.07, 6.45) is 1.26. The third kappa shape index (κ3) is 3.20. The second-order valence-corrected chi connectivity index (χ2v) is 6.67. The highest BCUT2D eigenvalue weighted by Gasteiger charge is 2.19. The van der Waals surface area contributed by atoms with Crippen LogP contribution in [0.2, 0.25) is 5.02 Å². The summed E-state index contributed by atoms with van der Waals surface area (Å²) in [4.78, 5) is 29.3. The zero-order valence-electron chi connectivity index (χ0n) is 14.5. The number of aromatic nitrogens is 2. The minimum atomic E-state index is -1.07. The molecule has 4 aromatic rings. The first-order chi connectivity index (χ1) is 13.9. The lowest BCUT2D eigenvalue weighted by atomic mass is 10.0. The molecule has 0 saturated heterocycles. The van der Waals surface area contributed by atoms with E-state index in [1.54, 1.807) is 0 Å². The predicted octanol–water partition coefficient (Wildman–Crippen LogP) is 4.35. The van der Waals surface area contributed by atoms with Crippen molar-refractivity contribution in [3.8, 4) is 28.5 Å². The lowest BCUT2D eigenvalue weighted by Crippen LogP contribution is -2.09. The second kappa shape index (κ2) is 7.00. The molecule has 8 heteroatoms. The van der Waals surface area contributed by atoms with Gasteiger partial charge in [0.2, 0.25) is 5.56 Å². The molecule has 0 radical (unpaired) electrons. The van der Waals surface area contributed by atoms with Crippen molar-refractivity contribution in [2.45, 2.75) is 0 Å². The smallest absolute Gasteiger partial charge is 0.248 e. The second-order valence-electron chi connectivity index (χ2n) is 6.27. The minimum Gasteiger partial charge on any atom is -0.354 e. The Morgan fingerprint density at radius 3 is 2.55 bits per heavy atom. The summed E-state index contributed by atoms with van der Waals surface area (Å²) in [6, 6.07) is 10.9. The number of hydrogen-bond donors (Lipinski definition) is 2. The molecular formula is C21H10ClF2N3O2. The molecule has 142 valence electrons. The average molecular weight is 410 g/mol. The van der Waals surface area contributed by atoms with Gasteiger partial charge < -0.3 is 9.97 Å². The number of benzene rings is 2. The Morgan fingerprint density at radius 1 is 1.03 bits per heavy atom. The highest BCUT2D eigenvalue weighted by molar-refractivity contribution is 6.33. The van der Waals surface area contributed by atoms with E-state index < -0.39 is 28.2 Å². The van der Waals surface area contributed by atoms with Gasteiger partial charge in [-0.1, -0.05) is 11.6 Å². The Morgan fingerprint density at radius 2 is 1.83 bits per heavy atom. The van der Waals surface area contributed by atoms with E-state index in [0.717, 1.165) is 18.2 Å². The first kappa shape index (κ1) is 18.6. The van der Waals surface area contributed by atoms with Crippen molar-refractivity contribution in [2.75, 3.05) is 0 Å². The Kier molecular flexibility index (Phi) is 4.49. The van der Waals surface area contributed by atoms with Crippen LogP contribution in [0.3, 0.4) is 0 Å². The van der Waals surface area contributed by atoms with Gasteiger partial charge in [0.1, 0.15) is 11.6 Å². The molecule has 0 unspecified atom stereocenters. The summed E-state index contributed by atoms with van der Waals surface area (Å²) >= 11 is 6.16. The molecule has 0 saturated carbocycles. The van der Waals surface area contributed by atoms with Crippen LogP contribution in [0.5, 0.6) is 0 Å². The third-order valence-electron chi connectivity index (χ3n) is 4.46. The van der Waals surface area contributed by atoms with Crippen molar-refractivity contribution in [3.63, 3.8) is 0 Å². The minimum absolute atomic E-state index is 0.0129. The van der Waals surface area contributed by atoms with Crippen LogP contribution in [-0.4, -0.2) is 9.97 Å². The molecule has 2 heterocycles. The normalized spacial score (nSPS) is 10.8. The van der Waals surface area contributed by atoms with E-state index in [9.17, 15) is 14.0 Å². The van der Waals surface area contributed by atoms with E-state index in [2.05, 4.69) is 9.97 Å². The molecule has 0 amide bonds. The van der Waals surface area contributed by atoms with Crippen LogP contribution in [0.4, 0.5) is 8.78 Å². The van der Waals surface area contributed by atoms with E-state index in [0.29, 0.717) is 11.1 Å². The molecule has 2 aromatic carbocycles. The van der Waals surface area contributed by atoms with Gasteiger partial charge in [-0.25, -0.2) is 8.78 Å². The van der Waals surface area contributed by atoms with E-state index in [1.165, 1.54) is 30.5 Å². The van der Waals surface area contributed by atoms with Crippen LogP contribution in [0.1, 0.15) is 5.56 Å². The van der Waals surface area contributed by atoms with Gasteiger partial charge in [0, 0.05) is 28.9 Å². The van der Waals surface area contributed by atoms with Crippen LogP contribution >= 0.6 is 11.6 Å². The average Bonchev–Trinajstić information content (AvgIpc) is 2.67. The Balaban J connectivity index is 2.00. The van der Waals surface area contributed by atoms with E-state index in [4.69, 9.17) is 16.9 Å². The number of rotatable bonds is 2. The molecule has 0 fully saturated rings. The maximum Gasteiger partial charge on any atom is 0.248 e. The highest BCUT2D eigenvalue weighted by Crippen LogP contribution is 2.32. The third-order valence-corrected chi connectivity index (χ3v) is 4.79. The van der Waals surface area contributed by atoms with Crippen molar-refractivity contribution in [1.29, 1.82) is 5.26 Å². The van der Waals surface area contributed by atoms with Crippen LogP contribution in [0.15, 0.2) is 58.3 Å². The number of nitriles is 1. The first-order valence-corrected chi connectivity index (χ1v) is 8.71. The van der Waals surface area contributed by atoms with E-state index in [-0.39, 0.29) is 27.2 Å². The summed E-state index contributed by atoms with van der Waals surface area (Å²) in [7, 11) is 0. The standard InChI is InChI=1S/C21H10ClF2N3O2/c22-13-2-1-10(9-25)5-12(13)15-8-17(28)20-16(27-15)7-14(23)19(21(20)24)11-3-4-26-18(29)6-11/h1-8H,(H,26,29)(H,27,28). The van der Waals surface area contributed by atoms with E-state index >= 15 is 4.39 Å². The fourth-order valence-corrected chi connectivity index (χ4v) is 3.37. The lowest BCUT2D eigenvalue weighted by molar-refractivity contribution is 0.597. The van der Waals surface area contributed by atoms with Crippen molar-refractivity contribution in [3.05, 3.63) is 91.5 Å². The number of halogens is 3. The summed E-state index contributed by atoms with van der Waals surface area (Å²) in [6.45, 7) is 0. The van der Waals surface area contributed by atoms with Gasteiger partial charge in [0.25, 0.3) is 0 Å². The number of nitrogens with zero attached hydrogens (tertiary/aromatic N) is 1. The fourth-order valence-electron chi connectivity index (χ4n) is 3.15. The molecule has 0 spiro atoms. The first-order valence-electron chi connectivity index (χ1n) is 8.33. The molecule has 0 aliphatic carbocycles. The van der Waals surface area contributed by atoms with Crippen LogP contribution in [0.25, 0.3) is 33.3 Å². The van der Waals surface area contributed by atoms with Crippen LogP contribution < -0.4 is 11.0 Å². The Bertz CT molecular complexity index is 1450. The lowest BCUT2D eigenvalue weighted by Gasteiger charge is -2.11. The van der Waals surface area contributed by atoms with Crippen molar-refractivity contribution in [1.82, 2.24) is 9.97 Å². The number of H-pyrrole nitrogens is 2. The molecule has 29 heavy (non-hydrogen) atoms. The molecular weight excluding hydrogens is 400 g/mol. The Hall–Kier alpha value is -3.76. The molecule has 2 N–H and O–H groups in total. The van der Waals surface area contributed by atoms with Gasteiger partial charge in [-0.3, -0.25) is 9.59 Å². The fraction of sp³-hybridized carbons (Fsp3) is 0. The van der Waals surface area contributed by atoms with Crippen molar-refractivity contribution in [2.24, 2.45) is 0 Å². The van der Waals surface area contributed by atoms with Gasteiger partial charge in [-0.2, -0.15) is 5.26 Å². The summed E-state index contributed by atoms with van der Waals surface area (Å²) < 4.78 is 29.8. The zero-order valence-corrected chi connectivity index (χ0v) is 15.3. The SMILES string of the molecule is N#Cc1ccc(Cl)c(-c2cc(=O)c3c(F)c(-c4cc[nH]c(=O)c4)c(F)cc3[nH]2)c1. The number of hydrogen-bond acceptors (Lipinski definition) is 3. The molecule has 0 atom stereocenters. The molecule has 4 rings (SSSR count). The number of nitrogens with one attached hydrogen (secondary N) is 2. The quantitative estimate of drug-likeness (QED) is 0.515. The maximum atomic E-state index is 15.1. The van der Waals surface area contributed by atoms with Crippen molar-refractivity contribution >= 4 is 22.5 Å². The maximum absolute atomic E-state index is 15.1. The molecule has 2 aromatic heterocycles. The largest absolute Gasteiger partial charge is 0.354 e. The number of fused-ring (bicyclic) bond motifs is 1. The Labute approximate surface area is 166 Å². The molecule has 5 nitrogen and oxygen atoms in total. The molecule has 0 aliphatic rings. The van der Waals surface area contributed by atoms with Gasteiger partial charge in [0.05, 0.1) is 33.8 Å². The van der Waals surface area contributed by atoms with Gasteiger partial charge in [-0.05, 0) is 35.9 Å². The van der Waals surface area contributed by atoms with Gasteiger partial charge >= 0.3 is 0 Å². The van der Waals surface area contributed by atoms with Crippen LogP contribution in [0, 0.1) is 23.0 Å². The van der Waals surface area contributed by atoms with Gasteiger partial charge in [0.15, 0.2) is 5.43 Å². The predicted molar refractivity (Wildman–Crippen MR) is 106 cm³/mol. The van der Waals surface area contributed by atoms with Gasteiger partial charge in [-0.15, -0.1) is 0 Å². The van der Waals surface area contributed by atoms with Crippen LogP contribution in [-0.2, 0) is 0 Å². The van der Waals surface area contributed by atoms with E-state index in [1.807, 2.05) is 6.07 Å². The number of pyridine rings is 2. The molecule has 0 bridgehead atoms. The van der Waals surface area contributed by atoms with Crippen molar-refractivity contribution < 1.29 is 8.78 Å². The molecule has 0 aliphatic heterocycles. The summed E-state index contributed by atoms with van der Waals surface area (Å²) in [5, 5.41) is 8.98. The summed E-state index contributed by atoms with van der Waals surface area (Å²) in [5.74, 6) is -2.01. The topological polar surface area (TPSA) is 89.5 Å². The summed E-state index contributed by atoms with van der Waals surface area (Å²) in [5.41, 5.74) is -0.878.